The van der Waals surface area contributed by atoms with Gasteiger partial charge in [0.05, 0.1) is 9.61 Å². The maximum atomic E-state index is 12.4. The van der Waals surface area contributed by atoms with Gasteiger partial charge in [-0.05, 0) is 92.9 Å². The Morgan fingerprint density at radius 3 is 1.32 bits per heavy atom. The highest BCUT2D eigenvalue weighted by molar-refractivity contribution is 8.84. The predicted molar refractivity (Wildman–Crippen MR) is 225 cm³/mol. The molecule has 2 aliphatic carbocycles. The van der Waals surface area contributed by atoms with Gasteiger partial charge >= 0.3 is 0 Å². The number of phenolic OH excluding ortho intramolecular Hbond substituents is 2. The van der Waals surface area contributed by atoms with Crippen LogP contribution in [0.4, 0.5) is 0 Å². The second kappa shape index (κ2) is 13.9. The predicted octanol–water partition coefficient (Wildman–Crippen LogP) is 14.0. The van der Waals surface area contributed by atoms with Gasteiger partial charge in [-0.15, -0.1) is 0 Å². The summed E-state index contributed by atoms with van der Waals surface area (Å²) in [6.45, 7) is 27.9. The second-order valence-electron chi connectivity index (χ2n) is 20.9. The van der Waals surface area contributed by atoms with E-state index >= 15 is 0 Å². The fourth-order valence-corrected chi connectivity index (χ4v) is 14.3. The van der Waals surface area contributed by atoms with Crippen molar-refractivity contribution in [3.05, 3.63) is 57.6 Å². The Hall–Kier alpha value is -1.17. The van der Waals surface area contributed by atoms with Crippen molar-refractivity contribution >= 4 is 38.0 Å². The lowest BCUT2D eigenvalue weighted by Crippen LogP contribution is -2.37. The first-order valence-electron chi connectivity index (χ1n) is 19.6. The van der Waals surface area contributed by atoms with Crippen LogP contribution >= 0.6 is 33.8 Å². The first-order chi connectivity index (χ1) is 22.9. The Morgan fingerprint density at radius 1 is 0.600 bits per heavy atom. The smallest absolute Gasteiger partial charge is 0.123 e. The van der Waals surface area contributed by atoms with Gasteiger partial charge in [0.25, 0.3) is 0 Å². The largest absolute Gasteiger partial charge is 0.507 e. The Labute approximate surface area is 319 Å². The molecule has 3 aliphatic rings. The van der Waals surface area contributed by atoms with Crippen LogP contribution in [0.5, 0.6) is 11.5 Å². The number of hydrogen-bond acceptors (Lipinski definition) is 5. The van der Waals surface area contributed by atoms with E-state index in [-0.39, 0.29) is 32.5 Å². The van der Waals surface area contributed by atoms with Crippen LogP contribution in [-0.4, -0.2) is 20.2 Å². The van der Waals surface area contributed by atoms with Gasteiger partial charge in [0.15, 0.2) is 0 Å². The van der Waals surface area contributed by atoms with E-state index in [2.05, 4.69) is 107 Å². The van der Waals surface area contributed by atoms with Crippen molar-refractivity contribution in [2.45, 2.75) is 187 Å². The number of aromatic hydroxyl groups is 2. The van der Waals surface area contributed by atoms with Crippen molar-refractivity contribution in [3.63, 3.8) is 0 Å². The summed E-state index contributed by atoms with van der Waals surface area (Å²) < 4.78 is 0.998. The Balaban J connectivity index is 1.86. The van der Waals surface area contributed by atoms with E-state index in [1.165, 1.54) is 49.7 Å². The van der Waals surface area contributed by atoms with Gasteiger partial charge in [-0.25, -0.2) is 0 Å². The zero-order valence-electron chi connectivity index (χ0n) is 33.6. The molecule has 1 atom stereocenters. The van der Waals surface area contributed by atoms with E-state index < -0.39 is 5.41 Å². The molecule has 0 radical (unpaired) electrons. The summed E-state index contributed by atoms with van der Waals surface area (Å²) in [5.74, 6) is 1.84. The minimum absolute atomic E-state index is 0.0610. The maximum Gasteiger partial charge on any atom is 0.123 e. The molecule has 50 heavy (non-hydrogen) atoms. The number of thiocarbonyl (C=S) groups is 1. The Kier molecular flexibility index (Phi) is 11.1. The third-order valence-corrected chi connectivity index (χ3v) is 15.9. The lowest BCUT2D eigenvalue weighted by atomic mass is 9.63. The summed E-state index contributed by atoms with van der Waals surface area (Å²) in [5.41, 5.74) is 5.80. The van der Waals surface area contributed by atoms with Crippen molar-refractivity contribution in [1.82, 2.24) is 0 Å². The molecule has 278 valence electrons. The summed E-state index contributed by atoms with van der Waals surface area (Å²) >= 11 is 6.50. The Bertz CT molecular complexity index is 1480. The minimum Gasteiger partial charge on any atom is -0.507 e. The maximum absolute atomic E-state index is 12.4. The molecule has 0 aromatic heterocycles. The summed E-state index contributed by atoms with van der Waals surface area (Å²) in [4.78, 5) is 0. The first kappa shape index (κ1) is 40.0. The van der Waals surface area contributed by atoms with Gasteiger partial charge in [-0.2, -0.15) is 0 Å². The first-order valence-corrected chi connectivity index (χ1v) is 22.3. The quantitative estimate of drug-likeness (QED) is 0.209. The lowest BCUT2D eigenvalue weighted by Gasteiger charge is -2.42. The molecule has 1 aliphatic heterocycles. The highest BCUT2D eigenvalue weighted by Crippen LogP contribution is 2.58. The molecule has 3 fully saturated rings. The van der Waals surface area contributed by atoms with Crippen LogP contribution in [0.2, 0.25) is 0 Å². The zero-order chi connectivity index (χ0) is 37.1. The molecule has 2 aromatic rings. The molecule has 0 amide bonds. The number of rotatable bonds is 8. The topological polar surface area (TPSA) is 40.5 Å². The van der Waals surface area contributed by atoms with Crippen molar-refractivity contribution < 1.29 is 10.2 Å². The van der Waals surface area contributed by atoms with E-state index in [4.69, 9.17) is 12.2 Å². The van der Waals surface area contributed by atoms with Crippen LogP contribution in [-0.2, 0) is 27.1 Å². The van der Waals surface area contributed by atoms with Gasteiger partial charge in [0.1, 0.15) is 11.5 Å². The molecular weight excluding hydrogens is 669 g/mol. The highest BCUT2D eigenvalue weighted by Gasteiger charge is 2.48. The van der Waals surface area contributed by atoms with Crippen molar-refractivity contribution in [3.8, 4) is 11.5 Å². The minimum atomic E-state index is -0.523. The van der Waals surface area contributed by atoms with Crippen LogP contribution in [0.15, 0.2) is 24.3 Å². The third kappa shape index (κ3) is 7.87. The monoisotopic (exact) mass is 736 g/mol. The molecule has 2 aromatic carbocycles. The van der Waals surface area contributed by atoms with Gasteiger partial charge in [-0.1, -0.05) is 169 Å². The van der Waals surface area contributed by atoms with Gasteiger partial charge < -0.3 is 10.2 Å². The average molecular weight is 737 g/mol. The van der Waals surface area contributed by atoms with Crippen LogP contribution in [0.3, 0.4) is 0 Å². The van der Waals surface area contributed by atoms with Crippen LogP contribution < -0.4 is 0 Å². The molecular formula is C45H68O2S3. The molecule has 5 heteroatoms. The molecule has 1 unspecified atom stereocenters. The SMILES string of the molecule is CC(C)(C)CC(C)(C)c1cc(C2(c3cc(C4(C)CCCCC4)c(O)c(C4(C)CCCCC4)c3)CSSC2=S)cc(C(C)(C)CC(C)(C)C)c1O. The molecule has 0 bridgehead atoms. The Morgan fingerprint density at radius 2 is 0.980 bits per heavy atom. The summed E-state index contributed by atoms with van der Waals surface area (Å²) in [7, 11) is 3.62. The van der Waals surface area contributed by atoms with Crippen LogP contribution in [0.25, 0.3) is 0 Å². The molecule has 2 nitrogen and oxygen atoms in total. The highest BCUT2D eigenvalue weighted by atomic mass is 33.1. The van der Waals surface area contributed by atoms with Gasteiger partial charge in [-0.3, -0.25) is 0 Å². The summed E-state index contributed by atoms with van der Waals surface area (Å²) in [6, 6.07) is 9.46. The number of hydrogen-bond donors (Lipinski definition) is 2. The van der Waals surface area contributed by atoms with E-state index in [9.17, 15) is 10.2 Å². The molecule has 1 saturated heterocycles. The van der Waals surface area contributed by atoms with Crippen molar-refractivity contribution in [2.75, 3.05) is 5.75 Å². The fourth-order valence-electron chi connectivity index (χ4n) is 10.6. The lowest BCUT2D eigenvalue weighted by molar-refractivity contribution is 0.267. The molecule has 0 spiro atoms. The van der Waals surface area contributed by atoms with Crippen molar-refractivity contribution in [1.29, 1.82) is 0 Å². The van der Waals surface area contributed by atoms with E-state index in [1.807, 2.05) is 10.8 Å². The zero-order valence-corrected chi connectivity index (χ0v) is 36.1. The van der Waals surface area contributed by atoms with Crippen LogP contribution in [0, 0.1) is 10.8 Å². The summed E-state index contributed by atoms with van der Waals surface area (Å²) in [5, 5.41) is 24.8. The van der Waals surface area contributed by atoms with Gasteiger partial charge in [0.2, 0.25) is 0 Å². The second-order valence-corrected chi connectivity index (χ2v) is 23.8. The van der Waals surface area contributed by atoms with E-state index in [0.717, 1.165) is 70.7 Å². The van der Waals surface area contributed by atoms with Gasteiger partial charge in [0, 0.05) is 28.0 Å². The average Bonchev–Trinajstić information content (AvgIpc) is 3.37. The molecule has 1 heterocycles. The number of benzene rings is 2. The van der Waals surface area contributed by atoms with Crippen molar-refractivity contribution in [2.24, 2.45) is 10.8 Å². The van der Waals surface area contributed by atoms with E-state index in [1.54, 1.807) is 10.8 Å². The van der Waals surface area contributed by atoms with Crippen LogP contribution in [0.1, 0.15) is 194 Å². The normalized spacial score (nSPS) is 23.3. The third-order valence-electron chi connectivity index (χ3n) is 12.6. The molecule has 2 saturated carbocycles. The molecule has 2 N–H and O–H groups in total. The molecule has 5 rings (SSSR count). The van der Waals surface area contributed by atoms with E-state index in [0.29, 0.717) is 11.5 Å². The number of phenols is 2. The summed E-state index contributed by atoms with van der Waals surface area (Å²) in [6.07, 6.45) is 13.7. The standard InChI is InChI=1S/C45H68O2S3/c1-39(2,3)27-41(7,8)32-23-30(24-33(36(32)46)42(9,10)28-40(4,5)6)45(29-49-50-38(45)48)31-25-34(43(11)19-15-13-16-20-43)37(47)35(26-31)44(12)21-17-14-18-22-44/h23-26,46-47H,13-22,27-29H2,1-12H3. The fraction of sp³-hybridized carbons (Fsp3) is 0.711.